The van der Waals surface area contributed by atoms with E-state index in [9.17, 15) is 4.79 Å². The average Bonchev–Trinajstić information content (AvgIpc) is 2.96. The van der Waals surface area contributed by atoms with Crippen molar-refractivity contribution >= 4 is 34.6 Å². The van der Waals surface area contributed by atoms with Gasteiger partial charge in [-0.1, -0.05) is 29.4 Å². The lowest BCUT2D eigenvalue weighted by Gasteiger charge is -2.17. The van der Waals surface area contributed by atoms with Crippen LogP contribution >= 0.6 is 23.4 Å². The maximum Gasteiger partial charge on any atom is 0.436 e. The molecule has 8 heteroatoms. The van der Waals surface area contributed by atoms with Crippen molar-refractivity contribution in [3.63, 3.8) is 0 Å². The fourth-order valence-corrected chi connectivity index (χ4v) is 3.11. The maximum atomic E-state index is 11.8. The number of carbonyl (C=O) groups is 1. The summed E-state index contributed by atoms with van der Waals surface area (Å²) >= 11 is 7.34. The highest BCUT2D eigenvalue weighted by atomic mass is 35.5. The van der Waals surface area contributed by atoms with E-state index in [2.05, 4.69) is 9.98 Å². The molecule has 1 aliphatic rings. The number of unbranched alkanes of at least 4 members (excludes halogenated alkanes) is 1. The Morgan fingerprint density at radius 2 is 2.26 bits per heavy atom. The highest BCUT2D eigenvalue weighted by Gasteiger charge is 2.21. The van der Waals surface area contributed by atoms with Gasteiger partial charge >= 0.3 is 6.09 Å². The number of thioether (sulfide) groups is 1. The minimum Gasteiger partial charge on any atom is -0.448 e. The topological polar surface area (TPSA) is 64.0 Å². The molecular formula is C15H20ClN3O3S. The predicted octanol–water partition coefficient (Wildman–Crippen LogP) is 3.20. The fraction of sp³-hybridized carbons (Fsp3) is 0.533. The third-order valence-corrected chi connectivity index (χ3v) is 4.40. The maximum absolute atomic E-state index is 11.8. The molecule has 1 saturated heterocycles. The van der Waals surface area contributed by atoms with Gasteiger partial charge in [0.05, 0.1) is 6.61 Å². The number of aliphatic imine (C=N–C) groups is 1. The normalized spacial score (nSPS) is 16.1. The Kier molecular flexibility index (Phi) is 7.64. The lowest BCUT2D eigenvalue weighted by Crippen LogP contribution is -2.24. The fourth-order valence-electron chi connectivity index (χ4n) is 2.02. The highest BCUT2D eigenvalue weighted by Crippen LogP contribution is 2.21. The van der Waals surface area contributed by atoms with E-state index in [1.54, 1.807) is 31.1 Å². The molecule has 1 aromatic heterocycles. The molecule has 0 N–H and O–H groups in total. The quantitative estimate of drug-likeness (QED) is 0.551. The van der Waals surface area contributed by atoms with Gasteiger partial charge in [0.2, 0.25) is 0 Å². The van der Waals surface area contributed by atoms with Crippen molar-refractivity contribution < 1.29 is 14.3 Å². The number of carbonyl (C=O) groups excluding carboxylic acids is 1. The molecule has 0 unspecified atom stereocenters. The Balaban J connectivity index is 1.82. The van der Waals surface area contributed by atoms with E-state index in [1.807, 2.05) is 11.0 Å². The van der Waals surface area contributed by atoms with Crippen molar-refractivity contribution in [2.45, 2.75) is 19.4 Å². The number of pyridine rings is 1. The minimum atomic E-state index is -0.536. The number of rotatable bonds is 7. The molecule has 0 saturated carbocycles. The van der Waals surface area contributed by atoms with Gasteiger partial charge < -0.3 is 14.4 Å². The molecule has 1 fully saturated rings. The summed E-state index contributed by atoms with van der Waals surface area (Å²) in [7, 11) is 1.65. The first-order valence-electron chi connectivity index (χ1n) is 7.41. The van der Waals surface area contributed by atoms with E-state index < -0.39 is 6.09 Å². The molecule has 0 bridgehead atoms. The summed E-state index contributed by atoms with van der Waals surface area (Å²) in [6.07, 6.45) is 2.84. The molecule has 0 spiro atoms. The predicted molar refractivity (Wildman–Crippen MR) is 92.0 cm³/mol. The van der Waals surface area contributed by atoms with Gasteiger partial charge in [-0.15, -0.1) is 0 Å². The molecule has 1 amide bonds. The van der Waals surface area contributed by atoms with E-state index >= 15 is 0 Å². The number of amidine groups is 1. The SMILES string of the molecule is COCCCCOC(=O)N=C1SCCN1Cc1ccc(Cl)nc1. The summed E-state index contributed by atoms with van der Waals surface area (Å²) in [6, 6.07) is 3.68. The molecule has 0 atom stereocenters. The van der Waals surface area contributed by atoms with Gasteiger partial charge in [-0.25, -0.2) is 9.78 Å². The number of hydrogen-bond donors (Lipinski definition) is 0. The van der Waals surface area contributed by atoms with Crippen LogP contribution in [0.25, 0.3) is 0 Å². The Morgan fingerprint density at radius 1 is 1.43 bits per heavy atom. The van der Waals surface area contributed by atoms with E-state index in [4.69, 9.17) is 21.1 Å². The molecule has 0 radical (unpaired) electrons. The van der Waals surface area contributed by atoms with Crippen molar-refractivity contribution in [1.29, 1.82) is 0 Å². The minimum absolute atomic E-state index is 0.366. The van der Waals surface area contributed by atoms with E-state index in [-0.39, 0.29) is 0 Å². The summed E-state index contributed by atoms with van der Waals surface area (Å²) < 4.78 is 10.1. The third-order valence-electron chi connectivity index (χ3n) is 3.18. The number of aromatic nitrogens is 1. The Labute approximate surface area is 145 Å². The number of amides is 1. The Morgan fingerprint density at radius 3 is 3.00 bits per heavy atom. The van der Waals surface area contributed by atoms with Crippen LogP contribution in [0.3, 0.4) is 0 Å². The summed E-state index contributed by atoms with van der Waals surface area (Å²) in [5, 5.41) is 1.16. The monoisotopic (exact) mass is 357 g/mol. The van der Waals surface area contributed by atoms with Crippen LogP contribution in [-0.4, -0.2) is 53.8 Å². The summed E-state index contributed by atoms with van der Waals surface area (Å²) in [5.74, 6) is 0.904. The highest BCUT2D eigenvalue weighted by molar-refractivity contribution is 8.14. The smallest absolute Gasteiger partial charge is 0.436 e. The first-order valence-corrected chi connectivity index (χ1v) is 8.78. The molecule has 2 rings (SSSR count). The van der Waals surface area contributed by atoms with Crippen molar-refractivity contribution in [1.82, 2.24) is 9.88 Å². The zero-order chi connectivity index (χ0) is 16.5. The van der Waals surface area contributed by atoms with Crippen LogP contribution < -0.4 is 0 Å². The second-order valence-corrected chi connectivity index (χ2v) is 6.42. The molecule has 6 nitrogen and oxygen atoms in total. The number of hydrogen-bond acceptors (Lipinski definition) is 5. The first-order chi connectivity index (χ1) is 11.2. The van der Waals surface area contributed by atoms with Gasteiger partial charge in [-0.05, 0) is 24.5 Å². The van der Waals surface area contributed by atoms with Crippen LogP contribution in [0.4, 0.5) is 4.79 Å². The second kappa shape index (κ2) is 9.75. The van der Waals surface area contributed by atoms with Crippen LogP contribution in [-0.2, 0) is 16.0 Å². The molecule has 1 aliphatic heterocycles. The van der Waals surface area contributed by atoms with Crippen LogP contribution in [0.2, 0.25) is 5.15 Å². The van der Waals surface area contributed by atoms with E-state index in [0.717, 1.165) is 30.7 Å². The van der Waals surface area contributed by atoms with Crippen molar-refractivity contribution in [2.24, 2.45) is 4.99 Å². The summed E-state index contributed by atoms with van der Waals surface area (Å²) in [5.41, 5.74) is 1.03. The van der Waals surface area contributed by atoms with Crippen molar-refractivity contribution in [3.05, 3.63) is 29.0 Å². The molecule has 0 aromatic carbocycles. The average molecular weight is 358 g/mol. The van der Waals surface area contributed by atoms with Crippen LogP contribution in [0.1, 0.15) is 18.4 Å². The lowest BCUT2D eigenvalue weighted by atomic mass is 10.3. The third kappa shape index (κ3) is 6.37. The van der Waals surface area contributed by atoms with Gasteiger partial charge in [0, 0.05) is 38.8 Å². The first kappa shape index (κ1) is 18.0. The van der Waals surface area contributed by atoms with Gasteiger partial charge in [0.15, 0.2) is 5.17 Å². The van der Waals surface area contributed by atoms with Crippen LogP contribution in [0, 0.1) is 0 Å². The standard InChI is InChI=1S/C15H20ClN3O3S/c1-21-7-2-3-8-22-15(20)18-14-19(6-9-23-14)11-12-4-5-13(16)17-10-12/h4-5,10H,2-3,6-9,11H2,1H3. The van der Waals surface area contributed by atoms with Gasteiger partial charge in [-0.3, -0.25) is 0 Å². The van der Waals surface area contributed by atoms with Gasteiger partial charge in [-0.2, -0.15) is 4.99 Å². The molecule has 126 valence electrons. The largest absolute Gasteiger partial charge is 0.448 e. The molecule has 2 heterocycles. The zero-order valence-electron chi connectivity index (χ0n) is 13.0. The van der Waals surface area contributed by atoms with Crippen molar-refractivity contribution in [3.8, 4) is 0 Å². The van der Waals surface area contributed by atoms with E-state index in [1.165, 1.54) is 0 Å². The van der Waals surface area contributed by atoms with Gasteiger partial charge in [0.1, 0.15) is 5.15 Å². The van der Waals surface area contributed by atoms with E-state index in [0.29, 0.717) is 30.1 Å². The Bertz CT molecular complexity index is 539. The number of halogens is 1. The number of ether oxygens (including phenoxy) is 2. The summed E-state index contributed by atoms with van der Waals surface area (Å²) in [6.45, 7) is 2.53. The van der Waals surface area contributed by atoms with Crippen LogP contribution in [0.15, 0.2) is 23.3 Å². The second-order valence-electron chi connectivity index (χ2n) is 4.97. The number of nitrogens with zero attached hydrogens (tertiary/aromatic N) is 3. The van der Waals surface area contributed by atoms with Crippen molar-refractivity contribution in [2.75, 3.05) is 32.6 Å². The molecule has 0 aliphatic carbocycles. The molecule has 23 heavy (non-hydrogen) atoms. The zero-order valence-corrected chi connectivity index (χ0v) is 14.6. The van der Waals surface area contributed by atoms with Crippen LogP contribution in [0.5, 0.6) is 0 Å². The molecular weight excluding hydrogens is 338 g/mol. The summed E-state index contributed by atoms with van der Waals surface area (Å²) in [4.78, 5) is 21.9. The Hall–Kier alpha value is -1.31. The molecule has 1 aromatic rings. The number of methoxy groups -OCH3 is 1. The lowest BCUT2D eigenvalue weighted by molar-refractivity contribution is 0.144. The van der Waals surface area contributed by atoms with Gasteiger partial charge in [0.25, 0.3) is 0 Å².